The average molecular weight is 117 g/mol. The number of hydrogen-bond donors (Lipinski definition) is 2. The molecule has 2 N–H and O–H groups in total. The summed E-state index contributed by atoms with van der Waals surface area (Å²) in [6.07, 6.45) is -1.20. The molecule has 0 atom stereocenters. The molecule has 0 aromatic heterocycles. The van der Waals surface area contributed by atoms with Gasteiger partial charge in [0.15, 0.2) is 0 Å². The molecular formula is C3H3NO4. The summed E-state index contributed by atoms with van der Waals surface area (Å²) >= 11 is 0. The zero-order chi connectivity index (χ0) is 6.57. The summed E-state index contributed by atoms with van der Waals surface area (Å²) in [6, 6.07) is 0. The molecule has 0 fully saturated rings. The van der Waals surface area contributed by atoms with Gasteiger partial charge >= 0.3 is 12.1 Å². The van der Waals surface area contributed by atoms with Gasteiger partial charge in [0.2, 0.25) is 0 Å². The molecule has 0 heterocycles. The van der Waals surface area contributed by atoms with Crippen LogP contribution < -0.4 is 0 Å². The zero-order valence-electron chi connectivity index (χ0n) is 3.74. The molecular weight excluding hydrogens is 114 g/mol. The fraction of sp³-hybridized carbons (Fsp3) is 0. The zero-order valence-corrected chi connectivity index (χ0v) is 3.74. The molecule has 5 heteroatoms. The molecule has 0 bridgehead atoms. The fourth-order valence-electron chi connectivity index (χ4n) is 0.110. The van der Waals surface area contributed by atoms with Gasteiger partial charge in [0.1, 0.15) is 6.21 Å². The lowest BCUT2D eigenvalue weighted by Crippen LogP contribution is -1.97. The van der Waals surface area contributed by atoms with Crippen LogP contribution in [0.5, 0.6) is 0 Å². The number of rotatable bonds is 1. The van der Waals surface area contributed by atoms with Crippen LogP contribution in [-0.2, 0) is 4.79 Å². The van der Waals surface area contributed by atoms with Crippen LogP contribution >= 0.6 is 0 Å². The maximum atomic E-state index is 9.49. The largest absolute Gasteiger partial charge is 0.477 e. The number of carboxylic acid groups (broad SMARTS) is 2. The van der Waals surface area contributed by atoms with Crippen LogP contribution in [0.15, 0.2) is 4.99 Å². The van der Waals surface area contributed by atoms with Crippen molar-refractivity contribution in [1.82, 2.24) is 0 Å². The van der Waals surface area contributed by atoms with Gasteiger partial charge in [0.25, 0.3) is 0 Å². The van der Waals surface area contributed by atoms with Crippen molar-refractivity contribution in [1.29, 1.82) is 0 Å². The van der Waals surface area contributed by atoms with E-state index in [-0.39, 0.29) is 0 Å². The Morgan fingerprint density at radius 2 is 1.88 bits per heavy atom. The Hall–Kier alpha value is -1.39. The second-order valence-electron chi connectivity index (χ2n) is 0.879. The van der Waals surface area contributed by atoms with Crippen LogP contribution in [0.25, 0.3) is 0 Å². The van der Waals surface area contributed by atoms with E-state index in [9.17, 15) is 9.59 Å². The highest BCUT2D eigenvalue weighted by Gasteiger charge is 1.89. The maximum absolute atomic E-state index is 9.49. The molecule has 0 aromatic rings. The van der Waals surface area contributed by atoms with Crippen molar-refractivity contribution in [2.24, 2.45) is 4.99 Å². The molecule has 0 radical (unpaired) electrons. The molecule has 0 saturated heterocycles. The monoisotopic (exact) mass is 117 g/mol. The van der Waals surface area contributed by atoms with Crippen LogP contribution in [0.2, 0.25) is 0 Å². The second kappa shape index (κ2) is 2.73. The maximum Gasteiger partial charge on any atom is 0.431 e. The molecule has 0 saturated carbocycles. The van der Waals surface area contributed by atoms with Gasteiger partial charge in [0.05, 0.1) is 0 Å². The van der Waals surface area contributed by atoms with Gasteiger partial charge in [-0.1, -0.05) is 0 Å². The van der Waals surface area contributed by atoms with E-state index in [2.05, 4.69) is 4.99 Å². The molecule has 0 rings (SSSR count). The van der Waals surface area contributed by atoms with E-state index in [1.807, 2.05) is 0 Å². The van der Waals surface area contributed by atoms with Gasteiger partial charge in [-0.2, -0.15) is 4.99 Å². The van der Waals surface area contributed by atoms with E-state index < -0.39 is 12.1 Å². The lowest BCUT2D eigenvalue weighted by molar-refractivity contribution is -0.128. The van der Waals surface area contributed by atoms with Crippen LogP contribution in [-0.4, -0.2) is 28.5 Å². The molecule has 0 aliphatic rings. The summed E-state index contributed by atoms with van der Waals surface area (Å²) in [7, 11) is 0. The van der Waals surface area contributed by atoms with Crippen molar-refractivity contribution in [2.45, 2.75) is 0 Å². The highest BCUT2D eigenvalue weighted by molar-refractivity contribution is 6.23. The molecule has 0 unspecified atom stereocenters. The number of amides is 1. The number of hydrogen-bond acceptors (Lipinski definition) is 2. The van der Waals surface area contributed by atoms with E-state index in [1.54, 1.807) is 0 Å². The first-order valence-corrected chi connectivity index (χ1v) is 1.63. The molecule has 0 spiro atoms. The Balaban J connectivity index is 3.67. The number of carboxylic acids is 1. The van der Waals surface area contributed by atoms with E-state index >= 15 is 0 Å². The van der Waals surface area contributed by atoms with Crippen LogP contribution in [0.1, 0.15) is 0 Å². The van der Waals surface area contributed by atoms with Gasteiger partial charge in [-0.05, 0) is 0 Å². The van der Waals surface area contributed by atoms with E-state index in [0.717, 1.165) is 0 Å². The number of aliphatic imine (C=N–C) groups is 1. The topological polar surface area (TPSA) is 87.0 Å². The van der Waals surface area contributed by atoms with E-state index in [1.165, 1.54) is 0 Å². The summed E-state index contributed by atoms with van der Waals surface area (Å²) in [4.78, 5) is 21.4. The third-order valence-electron chi connectivity index (χ3n) is 0.285. The SMILES string of the molecule is O=C(O)C=NC(=O)O. The Morgan fingerprint density at radius 1 is 1.38 bits per heavy atom. The summed E-state index contributed by atoms with van der Waals surface area (Å²) in [5.41, 5.74) is 0. The van der Waals surface area contributed by atoms with Crippen molar-refractivity contribution >= 4 is 18.3 Å². The van der Waals surface area contributed by atoms with Crippen LogP contribution in [0.3, 0.4) is 0 Å². The second-order valence-corrected chi connectivity index (χ2v) is 0.879. The summed E-state index contributed by atoms with van der Waals surface area (Å²) < 4.78 is 0. The Morgan fingerprint density at radius 3 is 2.00 bits per heavy atom. The molecule has 1 amide bonds. The molecule has 0 aliphatic carbocycles. The normalized spacial score (nSPS) is 9.50. The highest BCUT2D eigenvalue weighted by atomic mass is 16.4. The van der Waals surface area contributed by atoms with E-state index in [4.69, 9.17) is 10.2 Å². The molecule has 0 aliphatic heterocycles. The number of aliphatic carboxylic acids is 1. The first-order valence-electron chi connectivity index (χ1n) is 1.63. The van der Waals surface area contributed by atoms with Gasteiger partial charge in [-0.15, -0.1) is 0 Å². The smallest absolute Gasteiger partial charge is 0.431 e. The van der Waals surface area contributed by atoms with Crippen molar-refractivity contribution in [2.75, 3.05) is 0 Å². The molecule has 0 aromatic carbocycles. The van der Waals surface area contributed by atoms with Crippen LogP contribution in [0.4, 0.5) is 4.79 Å². The van der Waals surface area contributed by atoms with Gasteiger partial charge in [-0.3, -0.25) is 0 Å². The highest BCUT2D eigenvalue weighted by Crippen LogP contribution is 1.66. The van der Waals surface area contributed by atoms with Gasteiger partial charge in [0, 0.05) is 0 Å². The van der Waals surface area contributed by atoms with Crippen molar-refractivity contribution in [3.05, 3.63) is 0 Å². The lowest BCUT2D eigenvalue weighted by Gasteiger charge is -1.74. The minimum atomic E-state index is -1.51. The Bertz CT molecular complexity index is 122. The predicted molar refractivity (Wildman–Crippen MR) is 24.2 cm³/mol. The van der Waals surface area contributed by atoms with E-state index in [0.29, 0.717) is 6.21 Å². The third-order valence-corrected chi connectivity index (χ3v) is 0.285. The lowest BCUT2D eigenvalue weighted by atomic mass is 10.8. The number of nitrogens with zero attached hydrogens (tertiary/aromatic N) is 1. The first-order chi connectivity index (χ1) is 3.63. The molecule has 44 valence electrons. The summed E-state index contributed by atoms with van der Waals surface area (Å²) in [5, 5.41) is 15.5. The minimum Gasteiger partial charge on any atom is -0.477 e. The standard InChI is InChI=1S/C3H3NO4/c5-2(6)1-4-3(7)8/h1H,(H,5,6)(H,7,8). The van der Waals surface area contributed by atoms with Gasteiger partial charge in [-0.25, -0.2) is 9.59 Å². The fourth-order valence-corrected chi connectivity index (χ4v) is 0.110. The van der Waals surface area contributed by atoms with Crippen molar-refractivity contribution in [3.63, 3.8) is 0 Å². The molecule has 8 heavy (non-hydrogen) atoms. The average Bonchev–Trinajstić information content (AvgIpc) is 1.61. The Kier molecular flexibility index (Phi) is 2.25. The minimum absolute atomic E-state index is 0.308. The van der Waals surface area contributed by atoms with Crippen LogP contribution in [0, 0.1) is 0 Å². The Labute approximate surface area is 44.3 Å². The van der Waals surface area contributed by atoms with Crippen molar-refractivity contribution in [3.8, 4) is 0 Å². The third kappa shape index (κ3) is 4.61. The number of carbonyl (C=O) groups is 2. The summed E-state index contributed by atoms with van der Waals surface area (Å²) in [6.45, 7) is 0. The summed E-state index contributed by atoms with van der Waals surface area (Å²) in [5.74, 6) is -1.37. The van der Waals surface area contributed by atoms with Crippen molar-refractivity contribution < 1.29 is 19.8 Å². The first kappa shape index (κ1) is 6.61. The van der Waals surface area contributed by atoms with Gasteiger partial charge < -0.3 is 10.2 Å². The quantitative estimate of drug-likeness (QED) is 0.466. The molecule has 5 nitrogen and oxygen atoms in total. The predicted octanol–water partition coefficient (Wildman–Crippen LogP) is -0.180.